The van der Waals surface area contributed by atoms with Crippen molar-refractivity contribution in [1.82, 2.24) is 15.1 Å². The molecular weight excluding hydrogens is 312 g/mol. The first kappa shape index (κ1) is 17.8. The second-order valence-electron chi connectivity index (χ2n) is 5.15. The molecule has 0 saturated heterocycles. The quantitative estimate of drug-likeness (QED) is 0.709. The Balaban J connectivity index is 2.31. The Hall–Kier alpha value is -2.58. The molecule has 0 unspecified atom stereocenters. The molecule has 8 heteroatoms. The molecule has 0 radical (unpaired) electrons. The van der Waals surface area contributed by atoms with E-state index in [1.807, 2.05) is 30.3 Å². The minimum absolute atomic E-state index is 0.0416. The smallest absolute Gasteiger partial charge is 0.320 e. The predicted octanol–water partition coefficient (Wildman–Crippen LogP) is 1.32. The van der Waals surface area contributed by atoms with Crippen LogP contribution in [-0.2, 0) is 4.74 Å². The molecule has 0 saturated carbocycles. The normalized spacial score (nSPS) is 11.8. The van der Waals surface area contributed by atoms with Gasteiger partial charge < -0.3 is 19.9 Å². The van der Waals surface area contributed by atoms with E-state index >= 15 is 0 Å². The number of methoxy groups -OCH3 is 1. The zero-order valence-corrected chi connectivity index (χ0v) is 13.9. The maximum Gasteiger partial charge on any atom is 0.320 e. The number of amides is 2. The number of rotatable bonds is 7. The third-order valence-electron chi connectivity index (χ3n) is 3.31. The number of benzene rings is 1. The number of carbonyl (C=O) groups is 1. The van der Waals surface area contributed by atoms with E-state index in [1.54, 1.807) is 11.6 Å². The maximum absolute atomic E-state index is 11.7. The molecule has 0 bridgehead atoms. The van der Waals surface area contributed by atoms with Crippen LogP contribution in [0.3, 0.4) is 0 Å². The molecule has 3 N–H and O–H groups in total. The van der Waals surface area contributed by atoms with Crippen molar-refractivity contribution in [3.63, 3.8) is 0 Å². The molecule has 0 aliphatic heterocycles. The van der Waals surface area contributed by atoms with Crippen LogP contribution < -0.4 is 15.4 Å². The molecule has 0 fully saturated rings. The average Bonchev–Trinajstić information content (AvgIpc) is 2.90. The molecule has 1 aromatic carbocycles. The van der Waals surface area contributed by atoms with Gasteiger partial charge in [-0.1, -0.05) is 18.2 Å². The molecule has 130 valence electrons. The van der Waals surface area contributed by atoms with Crippen molar-refractivity contribution in [3.8, 4) is 11.6 Å². The van der Waals surface area contributed by atoms with Crippen LogP contribution in [-0.4, -0.2) is 54.4 Å². The highest BCUT2D eigenvalue weighted by Crippen LogP contribution is 2.28. The molecule has 1 atom stereocenters. The van der Waals surface area contributed by atoms with E-state index in [1.165, 1.54) is 14.2 Å². The zero-order chi connectivity index (χ0) is 17.5. The fraction of sp³-hybridized carbons (Fsp3) is 0.375. The monoisotopic (exact) mass is 334 g/mol. The van der Waals surface area contributed by atoms with Gasteiger partial charge in [-0.25, -0.2) is 9.48 Å². The minimum atomic E-state index is -0.758. The Labute approximate surface area is 140 Å². The van der Waals surface area contributed by atoms with Gasteiger partial charge in [0.25, 0.3) is 0 Å². The molecule has 24 heavy (non-hydrogen) atoms. The first-order valence-electron chi connectivity index (χ1n) is 7.50. The van der Waals surface area contributed by atoms with E-state index in [0.717, 1.165) is 5.69 Å². The summed E-state index contributed by atoms with van der Waals surface area (Å²) < 4.78 is 12.0. The van der Waals surface area contributed by atoms with Crippen molar-refractivity contribution in [3.05, 3.63) is 35.9 Å². The Morgan fingerprint density at radius 3 is 2.67 bits per heavy atom. The molecule has 8 nitrogen and oxygen atoms in total. The van der Waals surface area contributed by atoms with Crippen LogP contribution in [0.5, 0.6) is 5.88 Å². The van der Waals surface area contributed by atoms with Crippen molar-refractivity contribution in [1.29, 1.82) is 0 Å². The number of nitrogens with zero attached hydrogens (tertiary/aromatic N) is 2. The van der Waals surface area contributed by atoms with Crippen molar-refractivity contribution in [2.75, 3.05) is 32.7 Å². The summed E-state index contributed by atoms with van der Waals surface area (Å²) in [5, 5.41) is 19.4. The van der Waals surface area contributed by atoms with Gasteiger partial charge in [-0.15, -0.1) is 5.10 Å². The lowest BCUT2D eigenvalue weighted by molar-refractivity contribution is 0.0311. The Morgan fingerprint density at radius 2 is 2.04 bits per heavy atom. The number of aromatic nitrogens is 2. The van der Waals surface area contributed by atoms with Crippen LogP contribution in [0, 0.1) is 6.92 Å². The summed E-state index contributed by atoms with van der Waals surface area (Å²) in [7, 11) is 3.04. The van der Waals surface area contributed by atoms with Crippen molar-refractivity contribution >= 4 is 11.8 Å². The number of hydrogen-bond donors (Lipinski definition) is 3. The highest BCUT2D eigenvalue weighted by Gasteiger charge is 2.19. The van der Waals surface area contributed by atoms with Gasteiger partial charge in [0.1, 0.15) is 18.5 Å². The topological polar surface area (TPSA) is 97.6 Å². The number of aliphatic hydroxyl groups excluding tert-OH is 1. The van der Waals surface area contributed by atoms with Gasteiger partial charge in [-0.05, 0) is 19.1 Å². The lowest BCUT2D eigenvalue weighted by atomic mass is 10.3. The SMILES string of the molecule is CNC(=O)Nc1c(C)c(OC[C@@H](O)COC)nn1-c1ccccc1. The number of aliphatic hydroxyl groups is 1. The third kappa shape index (κ3) is 4.24. The summed E-state index contributed by atoms with van der Waals surface area (Å²) in [6, 6.07) is 9.01. The molecule has 0 aliphatic carbocycles. The van der Waals surface area contributed by atoms with Crippen LogP contribution in [0.1, 0.15) is 5.56 Å². The number of ether oxygens (including phenoxy) is 2. The standard InChI is InChI=1S/C16H22N4O4/c1-11-14(18-16(22)17-2)20(12-7-5-4-6-8-12)19-15(11)24-10-13(21)9-23-3/h4-8,13,21H,9-10H2,1-3H3,(H2,17,18,22)/t13-/m0/s1. The number of nitrogens with one attached hydrogen (secondary N) is 2. The van der Waals surface area contributed by atoms with E-state index < -0.39 is 6.10 Å². The molecule has 0 spiro atoms. The van der Waals surface area contributed by atoms with Crippen molar-refractivity contribution < 1.29 is 19.4 Å². The van der Waals surface area contributed by atoms with E-state index in [4.69, 9.17) is 9.47 Å². The second kappa shape index (κ2) is 8.32. The largest absolute Gasteiger partial charge is 0.474 e. The first-order valence-corrected chi connectivity index (χ1v) is 7.50. The van der Waals surface area contributed by atoms with Gasteiger partial charge in [-0.2, -0.15) is 0 Å². The second-order valence-corrected chi connectivity index (χ2v) is 5.15. The molecular formula is C16H22N4O4. The number of anilines is 1. The average molecular weight is 334 g/mol. The molecule has 2 aromatic rings. The number of hydrogen-bond acceptors (Lipinski definition) is 5. The van der Waals surface area contributed by atoms with Crippen LogP contribution in [0.2, 0.25) is 0 Å². The zero-order valence-electron chi connectivity index (χ0n) is 13.9. The Bertz CT molecular complexity index is 672. The van der Waals surface area contributed by atoms with E-state index in [-0.39, 0.29) is 19.2 Å². The summed E-state index contributed by atoms with van der Waals surface area (Å²) in [6.07, 6.45) is -0.758. The van der Waals surface area contributed by atoms with Crippen LogP contribution in [0.15, 0.2) is 30.3 Å². The van der Waals surface area contributed by atoms with E-state index in [2.05, 4.69) is 15.7 Å². The molecule has 1 aromatic heterocycles. The first-order chi connectivity index (χ1) is 11.6. The molecule has 2 rings (SSSR count). The summed E-state index contributed by atoms with van der Waals surface area (Å²) >= 11 is 0. The summed E-state index contributed by atoms with van der Waals surface area (Å²) in [5.74, 6) is 0.831. The number of urea groups is 1. The van der Waals surface area contributed by atoms with Gasteiger partial charge in [0.2, 0.25) is 5.88 Å². The number of carbonyl (C=O) groups excluding carboxylic acids is 1. The van der Waals surface area contributed by atoms with E-state index in [9.17, 15) is 9.90 Å². The predicted molar refractivity (Wildman–Crippen MR) is 89.8 cm³/mol. The fourth-order valence-electron chi connectivity index (χ4n) is 2.10. The van der Waals surface area contributed by atoms with Crippen LogP contribution >= 0.6 is 0 Å². The van der Waals surface area contributed by atoms with Crippen LogP contribution in [0.4, 0.5) is 10.6 Å². The lowest BCUT2D eigenvalue weighted by Gasteiger charge is -2.10. The Kier molecular flexibility index (Phi) is 6.16. The van der Waals surface area contributed by atoms with Crippen molar-refractivity contribution in [2.45, 2.75) is 13.0 Å². The van der Waals surface area contributed by atoms with Gasteiger partial charge in [-0.3, -0.25) is 5.32 Å². The van der Waals surface area contributed by atoms with Crippen LogP contribution in [0.25, 0.3) is 5.69 Å². The van der Waals surface area contributed by atoms with Gasteiger partial charge in [0, 0.05) is 14.2 Å². The number of para-hydroxylation sites is 1. The fourth-order valence-corrected chi connectivity index (χ4v) is 2.10. The molecule has 2 amide bonds. The van der Waals surface area contributed by atoms with Gasteiger partial charge in [0.05, 0.1) is 17.9 Å². The maximum atomic E-state index is 11.7. The van der Waals surface area contributed by atoms with E-state index in [0.29, 0.717) is 17.3 Å². The summed E-state index contributed by atoms with van der Waals surface area (Å²) in [6.45, 7) is 2.00. The highest BCUT2D eigenvalue weighted by atomic mass is 16.5. The lowest BCUT2D eigenvalue weighted by Crippen LogP contribution is -2.26. The van der Waals surface area contributed by atoms with Gasteiger partial charge in [0.15, 0.2) is 0 Å². The van der Waals surface area contributed by atoms with Gasteiger partial charge >= 0.3 is 6.03 Å². The Morgan fingerprint density at radius 1 is 1.33 bits per heavy atom. The van der Waals surface area contributed by atoms with Crippen molar-refractivity contribution in [2.24, 2.45) is 0 Å². The minimum Gasteiger partial charge on any atom is -0.474 e. The molecule has 0 aliphatic rings. The summed E-state index contributed by atoms with van der Waals surface area (Å²) in [5.41, 5.74) is 1.44. The highest BCUT2D eigenvalue weighted by molar-refractivity contribution is 5.89. The molecule has 1 heterocycles. The third-order valence-corrected chi connectivity index (χ3v) is 3.31. The summed E-state index contributed by atoms with van der Waals surface area (Å²) in [4.78, 5) is 11.7.